The Hall–Kier alpha value is -1.74. The largest absolute Gasteiger partial charge is 0.378 e. The molecule has 20 heavy (non-hydrogen) atoms. The van der Waals surface area contributed by atoms with Crippen LogP contribution in [0.2, 0.25) is 5.15 Å². The highest BCUT2D eigenvalue weighted by molar-refractivity contribution is 6.29. The Bertz CT molecular complexity index is 635. The minimum Gasteiger partial charge on any atom is -0.378 e. The predicted molar refractivity (Wildman–Crippen MR) is 85.5 cm³/mol. The molecule has 4 heteroatoms. The maximum atomic E-state index is 6.10. The minimum atomic E-state index is 0.568. The average molecular weight is 288 g/mol. The van der Waals surface area contributed by atoms with Gasteiger partial charge in [0.25, 0.3) is 0 Å². The molecule has 0 atom stereocenters. The molecule has 3 rings (SSSR count). The first-order valence-corrected chi connectivity index (χ1v) is 7.15. The second-order valence-corrected chi connectivity index (χ2v) is 5.76. The van der Waals surface area contributed by atoms with Gasteiger partial charge in [-0.05, 0) is 54.8 Å². The Labute approximate surface area is 124 Å². The number of rotatable bonds is 2. The molecule has 3 nitrogen and oxygen atoms in total. The topological polar surface area (TPSA) is 19.4 Å². The molecule has 0 bridgehead atoms. The molecule has 0 saturated heterocycles. The molecule has 0 amide bonds. The van der Waals surface area contributed by atoms with Gasteiger partial charge in [-0.1, -0.05) is 11.6 Å². The van der Waals surface area contributed by atoms with Gasteiger partial charge in [-0.25, -0.2) is 4.98 Å². The van der Waals surface area contributed by atoms with Gasteiger partial charge in [0.1, 0.15) is 11.0 Å². The fraction of sp³-hybridized carbons (Fsp3) is 0.312. The van der Waals surface area contributed by atoms with E-state index in [9.17, 15) is 0 Å². The summed E-state index contributed by atoms with van der Waals surface area (Å²) in [5.41, 5.74) is 4.91. The molecule has 0 aliphatic carbocycles. The SMILES string of the molecule is Cc1cc(Cl)nc2c1CCN2c1ccc(N(C)C)cc1. The number of anilines is 3. The summed E-state index contributed by atoms with van der Waals surface area (Å²) in [6.07, 6.45) is 1.03. The second-order valence-electron chi connectivity index (χ2n) is 5.38. The van der Waals surface area contributed by atoms with Crippen molar-refractivity contribution < 1.29 is 0 Å². The number of aromatic nitrogens is 1. The second kappa shape index (κ2) is 4.98. The van der Waals surface area contributed by atoms with Crippen LogP contribution >= 0.6 is 11.6 Å². The number of benzene rings is 1. The molecule has 1 aliphatic heterocycles. The third-order valence-corrected chi connectivity index (χ3v) is 4.01. The molecule has 2 aromatic rings. The summed E-state index contributed by atoms with van der Waals surface area (Å²) < 4.78 is 0. The molecule has 0 N–H and O–H groups in total. The summed E-state index contributed by atoms with van der Waals surface area (Å²) in [7, 11) is 4.09. The molecule has 2 heterocycles. The maximum Gasteiger partial charge on any atom is 0.138 e. The highest BCUT2D eigenvalue weighted by Gasteiger charge is 2.24. The number of nitrogens with zero attached hydrogens (tertiary/aromatic N) is 3. The smallest absolute Gasteiger partial charge is 0.138 e. The van der Waals surface area contributed by atoms with E-state index in [1.165, 1.54) is 22.5 Å². The molecule has 0 spiro atoms. The zero-order chi connectivity index (χ0) is 14.3. The third-order valence-electron chi connectivity index (χ3n) is 3.81. The first kappa shape index (κ1) is 13.3. The van der Waals surface area contributed by atoms with Crippen LogP contribution < -0.4 is 9.80 Å². The highest BCUT2D eigenvalue weighted by Crippen LogP contribution is 2.36. The van der Waals surface area contributed by atoms with Crippen molar-refractivity contribution in [3.8, 4) is 0 Å². The van der Waals surface area contributed by atoms with E-state index < -0.39 is 0 Å². The molecular formula is C16H18ClN3. The normalized spacial score (nSPS) is 13.5. The quantitative estimate of drug-likeness (QED) is 0.783. The van der Waals surface area contributed by atoms with E-state index in [4.69, 9.17) is 11.6 Å². The van der Waals surface area contributed by atoms with Crippen LogP contribution in [0.3, 0.4) is 0 Å². The highest BCUT2D eigenvalue weighted by atomic mass is 35.5. The summed E-state index contributed by atoms with van der Waals surface area (Å²) in [6, 6.07) is 10.5. The lowest BCUT2D eigenvalue weighted by atomic mass is 10.1. The van der Waals surface area contributed by atoms with E-state index in [0.29, 0.717) is 5.15 Å². The third kappa shape index (κ3) is 2.22. The van der Waals surface area contributed by atoms with Crippen molar-refractivity contribution >= 4 is 28.8 Å². The number of fused-ring (bicyclic) bond motifs is 1. The van der Waals surface area contributed by atoms with E-state index in [2.05, 4.69) is 46.0 Å². The van der Waals surface area contributed by atoms with Crippen LogP contribution in [0, 0.1) is 6.92 Å². The Morgan fingerprint density at radius 1 is 1.20 bits per heavy atom. The summed E-state index contributed by atoms with van der Waals surface area (Å²) in [6.45, 7) is 3.07. The van der Waals surface area contributed by atoms with Gasteiger partial charge in [0.2, 0.25) is 0 Å². The number of halogens is 1. The van der Waals surface area contributed by atoms with Crippen LogP contribution in [0.15, 0.2) is 30.3 Å². The number of aryl methyl sites for hydroxylation is 1. The van der Waals surface area contributed by atoms with Crippen LogP contribution in [0.5, 0.6) is 0 Å². The molecule has 1 aromatic heterocycles. The summed E-state index contributed by atoms with van der Waals surface area (Å²) in [4.78, 5) is 8.85. The molecule has 1 aromatic carbocycles. The zero-order valence-electron chi connectivity index (χ0n) is 12.0. The molecule has 0 fully saturated rings. The van der Waals surface area contributed by atoms with Crippen molar-refractivity contribution in [2.45, 2.75) is 13.3 Å². The van der Waals surface area contributed by atoms with Crippen LogP contribution in [-0.2, 0) is 6.42 Å². The van der Waals surface area contributed by atoms with E-state index in [0.717, 1.165) is 18.8 Å². The molecule has 0 saturated carbocycles. The molecular weight excluding hydrogens is 270 g/mol. The van der Waals surface area contributed by atoms with Gasteiger partial charge in [-0.15, -0.1) is 0 Å². The molecule has 1 aliphatic rings. The van der Waals surface area contributed by atoms with Crippen molar-refractivity contribution in [2.24, 2.45) is 0 Å². The van der Waals surface area contributed by atoms with Crippen LogP contribution in [0.1, 0.15) is 11.1 Å². The molecule has 104 valence electrons. The van der Waals surface area contributed by atoms with E-state index in [1.807, 2.05) is 20.2 Å². The van der Waals surface area contributed by atoms with Crippen LogP contribution in [-0.4, -0.2) is 25.6 Å². The Morgan fingerprint density at radius 3 is 2.55 bits per heavy atom. The van der Waals surface area contributed by atoms with Crippen molar-refractivity contribution in [3.05, 3.63) is 46.6 Å². The number of hydrogen-bond donors (Lipinski definition) is 0. The lowest BCUT2D eigenvalue weighted by Gasteiger charge is -2.20. The van der Waals surface area contributed by atoms with E-state index in [-0.39, 0.29) is 0 Å². The fourth-order valence-corrected chi connectivity index (χ4v) is 2.93. The standard InChI is InChI=1S/C16H18ClN3/c1-11-10-15(17)18-16-14(11)8-9-20(16)13-6-4-12(5-7-13)19(2)3/h4-7,10H,8-9H2,1-3H3. The van der Waals surface area contributed by atoms with Crippen molar-refractivity contribution in [1.82, 2.24) is 4.98 Å². The maximum absolute atomic E-state index is 6.10. The predicted octanol–water partition coefficient (Wildman–Crippen LogP) is 3.80. The Morgan fingerprint density at radius 2 is 1.90 bits per heavy atom. The minimum absolute atomic E-state index is 0.568. The summed E-state index contributed by atoms with van der Waals surface area (Å²) in [5, 5.41) is 0.568. The summed E-state index contributed by atoms with van der Waals surface area (Å²) in [5.74, 6) is 1.01. The van der Waals surface area contributed by atoms with Crippen molar-refractivity contribution in [3.63, 3.8) is 0 Å². The summed E-state index contributed by atoms with van der Waals surface area (Å²) >= 11 is 6.10. The van der Waals surface area contributed by atoms with Gasteiger partial charge in [0.05, 0.1) is 0 Å². The van der Waals surface area contributed by atoms with Crippen molar-refractivity contribution in [2.75, 3.05) is 30.4 Å². The molecule has 0 unspecified atom stereocenters. The number of pyridine rings is 1. The average Bonchev–Trinajstić information content (AvgIpc) is 2.82. The van der Waals surface area contributed by atoms with Crippen LogP contribution in [0.4, 0.5) is 17.2 Å². The Kier molecular flexibility index (Phi) is 3.30. The van der Waals surface area contributed by atoms with Crippen molar-refractivity contribution in [1.29, 1.82) is 0 Å². The monoisotopic (exact) mass is 287 g/mol. The van der Waals surface area contributed by atoms with E-state index >= 15 is 0 Å². The van der Waals surface area contributed by atoms with E-state index in [1.54, 1.807) is 0 Å². The fourth-order valence-electron chi connectivity index (χ4n) is 2.69. The Balaban J connectivity index is 1.98. The van der Waals surface area contributed by atoms with Gasteiger partial charge >= 0.3 is 0 Å². The van der Waals surface area contributed by atoms with Gasteiger partial charge < -0.3 is 9.80 Å². The first-order valence-electron chi connectivity index (χ1n) is 6.77. The lowest BCUT2D eigenvalue weighted by Crippen LogP contribution is -2.15. The zero-order valence-corrected chi connectivity index (χ0v) is 12.8. The van der Waals surface area contributed by atoms with Gasteiger partial charge in [0.15, 0.2) is 0 Å². The molecule has 0 radical (unpaired) electrons. The van der Waals surface area contributed by atoms with Gasteiger partial charge in [-0.2, -0.15) is 0 Å². The van der Waals surface area contributed by atoms with Gasteiger partial charge in [0, 0.05) is 32.0 Å². The van der Waals surface area contributed by atoms with Gasteiger partial charge in [-0.3, -0.25) is 0 Å². The number of hydrogen-bond acceptors (Lipinski definition) is 3. The van der Waals surface area contributed by atoms with Crippen LogP contribution in [0.25, 0.3) is 0 Å². The first-order chi connectivity index (χ1) is 9.56. The lowest BCUT2D eigenvalue weighted by molar-refractivity contribution is 0.987.